The molecule has 0 saturated carbocycles. The first-order chi connectivity index (χ1) is 10.1. The topological polar surface area (TPSA) is 49.3 Å². The third-order valence-corrected chi connectivity index (χ3v) is 4.39. The van der Waals surface area contributed by atoms with E-state index in [9.17, 15) is 9.90 Å². The number of fused-ring (bicyclic) bond motifs is 1. The lowest BCUT2D eigenvalue weighted by Gasteiger charge is -2.20. The summed E-state index contributed by atoms with van der Waals surface area (Å²) < 4.78 is 0. The minimum atomic E-state index is -0.788. The Morgan fingerprint density at radius 1 is 1.29 bits per heavy atom. The molecule has 0 aromatic heterocycles. The van der Waals surface area contributed by atoms with Crippen LogP contribution in [0.1, 0.15) is 38.7 Å². The first-order valence-corrected chi connectivity index (χ1v) is 7.30. The van der Waals surface area contributed by atoms with Gasteiger partial charge in [0.25, 0.3) is 5.91 Å². The van der Waals surface area contributed by atoms with E-state index in [1.807, 2.05) is 31.2 Å². The van der Waals surface area contributed by atoms with E-state index in [1.54, 1.807) is 12.1 Å². The zero-order valence-electron chi connectivity index (χ0n) is 11.7. The van der Waals surface area contributed by atoms with E-state index in [0.29, 0.717) is 22.7 Å². The van der Waals surface area contributed by atoms with Crippen molar-refractivity contribution in [2.24, 2.45) is 0 Å². The zero-order valence-corrected chi connectivity index (χ0v) is 12.4. The van der Waals surface area contributed by atoms with Gasteiger partial charge < -0.3 is 10.4 Å². The molecule has 0 spiro atoms. The quantitative estimate of drug-likeness (QED) is 0.896. The molecule has 0 saturated heterocycles. The molecule has 3 nitrogen and oxygen atoms in total. The molecule has 1 amide bonds. The first kappa shape index (κ1) is 14.1. The van der Waals surface area contributed by atoms with Crippen LogP contribution in [0, 0.1) is 6.92 Å². The smallest absolute Gasteiger partial charge is 0.251 e. The number of amides is 1. The zero-order chi connectivity index (χ0) is 15.0. The maximum Gasteiger partial charge on any atom is 0.251 e. The summed E-state index contributed by atoms with van der Waals surface area (Å²) in [6.07, 6.45) is 0.0388. The fourth-order valence-corrected chi connectivity index (χ4v) is 2.88. The van der Waals surface area contributed by atoms with Crippen molar-refractivity contribution in [3.05, 3.63) is 69.2 Å². The van der Waals surface area contributed by atoms with Crippen LogP contribution in [0.25, 0.3) is 0 Å². The summed E-state index contributed by atoms with van der Waals surface area (Å²) in [5.41, 5.74) is 4.00. The highest BCUT2D eigenvalue weighted by atomic mass is 35.5. The van der Waals surface area contributed by atoms with Crippen LogP contribution >= 0.6 is 11.6 Å². The molecule has 2 aromatic rings. The fraction of sp³-hybridized carbons (Fsp3) is 0.235. The maximum atomic E-state index is 11.9. The van der Waals surface area contributed by atoms with Gasteiger partial charge in [-0.1, -0.05) is 35.9 Å². The van der Waals surface area contributed by atoms with Gasteiger partial charge in [-0.25, -0.2) is 0 Å². The summed E-state index contributed by atoms with van der Waals surface area (Å²) in [5.74, 6) is -0.0758. The number of hydrogen-bond acceptors (Lipinski definition) is 2. The van der Waals surface area contributed by atoms with E-state index in [-0.39, 0.29) is 5.91 Å². The molecule has 0 bridgehead atoms. The molecule has 1 aliphatic rings. The Balaban J connectivity index is 2.02. The molecule has 0 fully saturated rings. The molecule has 3 rings (SSSR count). The van der Waals surface area contributed by atoms with Crippen molar-refractivity contribution in [3.8, 4) is 0 Å². The number of aliphatic hydroxyl groups excluding tert-OH is 1. The number of rotatable bonds is 2. The summed E-state index contributed by atoms with van der Waals surface area (Å²) in [6.45, 7) is 2.55. The Bertz CT molecular complexity index is 712. The number of aliphatic hydroxyl groups is 1. The third-order valence-electron chi connectivity index (χ3n) is 3.98. The monoisotopic (exact) mass is 301 g/mol. The SMILES string of the molecule is Cc1c(Cl)cccc1C(O)c1ccc2c(c1)C(=O)NCC2. The highest BCUT2D eigenvalue weighted by Crippen LogP contribution is 2.30. The normalized spacial score (nSPS) is 15.3. The van der Waals surface area contributed by atoms with Crippen LogP contribution in [-0.2, 0) is 6.42 Å². The largest absolute Gasteiger partial charge is 0.384 e. The molecular formula is C17H16ClNO2. The number of hydrogen-bond donors (Lipinski definition) is 2. The minimum absolute atomic E-state index is 0.0758. The second-order valence-electron chi connectivity index (χ2n) is 5.28. The van der Waals surface area contributed by atoms with Gasteiger partial charge in [0.15, 0.2) is 0 Å². The Hall–Kier alpha value is -1.84. The van der Waals surface area contributed by atoms with Gasteiger partial charge in [0.2, 0.25) is 0 Å². The third kappa shape index (κ3) is 2.55. The maximum absolute atomic E-state index is 11.9. The Kier molecular flexibility index (Phi) is 3.70. The molecule has 108 valence electrons. The Morgan fingerprint density at radius 3 is 2.90 bits per heavy atom. The summed E-state index contributed by atoms with van der Waals surface area (Å²) >= 11 is 6.11. The van der Waals surface area contributed by atoms with Crippen molar-refractivity contribution in [1.29, 1.82) is 0 Å². The predicted octanol–water partition coefficient (Wildman–Crippen LogP) is 3.02. The molecule has 0 radical (unpaired) electrons. The lowest BCUT2D eigenvalue weighted by atomic mass is 9.92. The van der Waals surface area contributed by atoms with Crippen LogP contribution in [-0.4, -0.2) is 17.6 Å². The summed E-state index contributed by atoms with van der Waals surface area (Å²) in [6, 6.07) is 11.0. The van der Waals surface area contributed by atoms with Gasteiger partial charge in [-0.3, -0.25) is 4.79 Å². The van der Waals surface area contributed by atoms with E-state index < -0.39 is 6.10 Å². The molecule has 4 heteroatoms. The summed E-state index contributed by atoms with van der Waals surface area (Å²) in [4.78, 5) is 11.9. The van der Waals surface area contributed by atoms with Crippen LogP contribution in [0.15, 0.2) is 36.4 Å². The summed E-state index contributed by atoms with van der Waals surface area (Å²) in [7, 11) is 0. The van der Waals surface area contributed by atoms with Crippen LogP contribution in [0.3, 0.4) is 0 Å². The van der Waals surface area contributed by atoms with Gasteiger partial charge in [-0.15, -0.1) is 0 Å². The standard InChI is InChI=1S/C17H16ClNO2/c1-10-13(3-2-4-15(10)18)16(20)12-6-5-11-7-8-19-17(21)14(11)9-12/h2-6,9,16,20H,7-8H2,1H3,(H,19,21). The van der Waals surface area contributed by atoms with Gasteiger partial charge in [-0.2, -0.15) is 0 Å². The number of carbonyl (C=O) groups excluding carboxylic acids is 1. The van der Waals surface area contributed by atoms with Crippen LogP contribution < -0.4 is 5.32 Å². The Morgan fingerprint density at radius 2 is 2.10 bits per heavy atom. The average Bonchev–Trinajstić information content (AvgIpc) is 2.49. The predicted molar refractivity (Wildman–Crippen MR) is 82.7 cm³/mol. The van der Waals surface area contributed by atoms with E-state index in [2.05, 4.69) is 5.32 Å². The minimum Gasteiger partial charge on any atom is -0.384 e. The van der Waals surface area contributed by atoms with E-state index in [0.717, 1.165) is 23.1 Å². The van der Waals surface area contributed by atoms with Crippen LogP contribution in [0.2, 0.25) is 5.02 Å². The molecule has 0 aliphatic carbocycles. The van der Waals surface area contributed by atoms with Gasteiger partial charge in [0, 0.05) is 17.1 Å². The second kappa shape index (κ2) is 5.51. The number of halogens is 1. The molecule has 1 unspecified atom stereocenters. The Labute approximate surface area is 128 Å². The second-order valence-corrected chi connectivity index (χ2v) is 5.69. The van der Waals surface area contributed by atoms with Crippen LogP contribution in [0.4, 0.5) is 0 Å². The molecule has 1 heterocycles. The molecule has 2 aromatic carbocycles. The number of carbonyl (C=O) groups is 1. The van der Waals surface area contributed by atoms with E-state index in [1.165, 1.54) is 0 Å². The van der Waals surface area contributed by atoms with Gasteiger partial charge in [-0.05, 0) is 47.7 Å². The van der Waals surface area contributed by atoms with Gasteiger partial charge in [0.1, 0.15) is 6.10 Å². The molecule has 1 atom stereocenters. The average molecular weight is 302 g/mol. The fourth-order valence-electron chi connectivity index (χ4n) is 2.70. The lowest BCUT2D eigenvalue weighted by molar-refractivity contribution is 0.0945. The van der Waals surface area contributed by atoms with Gasteiger partial charge >= 0.3 is 0 Å². The van der Waals surface area contributed by atoms with Gasteiger partial charge in [0.05, 0.1) is 0 Å². The van der Waals surface area contributed by atoms with Crippen molar-refractivity contribution in [2.45, 2.75) is 19.4 Å². The van der Waals surface area contributed by atoms with Crippen molar-refractivity contribution in [1.82, 2.24) is 5.32 Å². The lowest BCUT2D eigenvalue weighted by Crippen LogP contribution is -2.31. The van der Waals surface area contributed by atoms with Crippen molar-refractivity contribution >= 4 is 17.5 Å². The molecule has 21 heavy (non-hydrogen) atoms. The van der Waals surface area contributed by atoms with E-state index >= 15 is 0 Å². The van der Waals surface area contributed by atoms with E-state index in [4.69, 9.17) is 11.6 Å². The number of benzene rings is 2. The van der Waals surface area contributed by atoms with Crippen molar-refractivity contribution < 1.29 is 9.90 Å². The molecule has 1 aliphatic heterocycles. The van der Waals surface area contributed by atoms with Crippen molar-refractivity contribution in [3.63, 3.8) is 0 Å². The number of nitrogens with one attached hydrogen (secondary N) is 1. The first-order valence-electron chi connectivity index (χ1n) is 6.92. The molecular weight excluding hydrogens is 286 g/mol. The highest BCUT2D eigenvalue weighted by molar-refractivity contribution is 6.31. The van der Waals surface area contributed by atoms with Crippen molar-refractivity contribution in [2.75, 3.05) is 6.54 Å². The summed E-state index contributed by atoms with van der Waals surface area (Å²) in [5, 5.41) is 14.0. The highest BCUT2D eigenvalue weighted by Gasteiger charge is 2.20. The molecule has 2 N–H and O–H groups in total. The van der Waals surface area contributed by atoms with Crippen LogP contribution in [0.5, 0.6) is 0 Å².